The Hall–Kier alpha value is -1.01. The van der Waals surface area contributed by atoms with E-state index in [0.717, 1.165) is 31.7 Å². The number of halogens is 1. The number of aliphatic hydroxyl groups excluding tert-OH is 1. The van der Waals surface area contributed by atoms with E-state index in [0.29, 0.717) is 23.1 Å². The van der Waals surface area contributed by atoms with Crippen LogP contribution in [0.4, 0.5) is 0 Å². The van der Waals surface area contributed by atoms with E-state index in [1.165, 1.54) is 0 Å². The molecule has 5 nitrogen and oxygen atoms in total. The van der Waals surface area contributed by atoms with Crippen LogP contribution in [-0.4, -0.2) is 68.5 Å². The van der Waals surface area contributed by atoms with Crippen molar-refractivity contribution in [3.8, 4) is 11.5 Å². The number of aliphatic hydroxyl groups is 1. The predicted molar refractivity (Wildman–Crippen MR) is 88.1 cm³/mol. The first-order chi connectivity index (χ1) is 10.6. The third-order valence-corrected chi connectivity index (χ3v) is 4.35. The zero-order valence-electron chi connectivity index (χ0n) is 13.5. The molecule has 1 N–H and O–H groups in total. The first-order valence-corrected chi connectivity index (χ1v) is 8.02. The van der Waals surface area contributed by atoms with Gasteiger partial charge in [-0.25, -0.2) is 0 Å². The Balaban J connectivity index is 2.28. The number of hydrogen-bond donors (Lipinski definition) is 1. The van der Waals surface area contributed by atoms with Gasteiger partial charge in [0, 0.05) is 26.2 Å². The summed E-state index contributed by atoms with van der Waals surface area (Å²) in [4.78, 5) is 4.57. The number of rotatable bonds is 6. The zero-order chi connectivity index (χ0) is 16.1. The molecule has 1 heterocycles. The van der Waals surface area contributed by atoms with Crippen molar-refractivity contribution in [1.82, 2.24) is 9.80 Å². The summed E-state index contributed by atoms with van der Waals surface area (Å²) in [6.07, 6.45) is 0. The first kappa shape index (κ1) is 17.3. The summed E-state index contributed by atoms with van der Waals surface area (Å²) in [5.74, 6) is 1.17. The maximum absolute atomic E-state index is 9.87. The maximum atomic E-state index is 9.87. The average molecular weight is 329 g/mol. The number of hydrogen-bond acceptors (Lipinski definition) is 5. The van der Waals surface area contributed by atoms with Crippen LogP contribution in [-0.2, 0) is 0 Å². The Morgan fingerprint density at radius 3 is 2.50 bits per heavy atom. The fraction of sp³-hybridized carbons (Fsp3) is 0.625. The van der Waals surface area contributed by atoms with Crippen LogP contribution in [0.15, 0.2) is 12.1 Å². The van der Waals surface area contributed by atoms with Gasteiger partial charge in [-0.1, -0.05) is 11.6 Å². The van der Waals surface area contributed by atoms with Gasteiger partial charge in [0.05, 0.1) is 31.4 Å². The Labute approximate surface area is 137 Å². The van der Waals surface area contributed by atoms with Crippen LogP contribution in [0, 0.1) is 0 Å². The van der Waals surface area contributed by atoms with Gasteiger partial charge in [-0.05, 0) is 31.7 Å². The number of nitrogens with zero attached hydrogens (tertiary/aromatic N) is 2. The van der Waals surface area contributed by atoms with E-state index in [4.69, 9.17) is 21.1 Å². The van der Waals surface area contributed by atoms with Crippen molar-refractivity contribution in [2.45, 2.75) is 13.0 Å². The molecule has 1 aromatic rings. The summed E-state index contributed by atoms with van der Waals surface area (Å²) in [5, 5.41) is 10.4. The number of benzene rings is 1. The molecular formula is C16H25ClN2O3. The SMILES string of the molecule is CCOc1cc(C(CO)N2CCN(C)CC2)cc(Cl)c1OC. The van der Waals surface area contributed by atoms with Crippen LogP contribution in [0.2, 0.25) is 5.02 Å². The Morgan fingerprint density at radius 2 is 1.95 bits per heavy atom. The second-order valence-electron chi connectivity index (χ2n) is 5.50. The van der Waals surface area contributed by atoms with Gasteiger partial charge < -0.3 is 19.5 Å². The summed E-state index contributed by atoms with van der Waals surface area (Å²) in [7, 11) is 3.69. The zero-order valence-corrected chi connectivity index (χ0v) is 14.3. The Bertz CT molecular complexity index is 491. The van der Waals surface area contributed by atoms with Gasteiger partial charge in [0.25, 0.3) is 0 Å². The van der Waals surface area contributed by atoms with Crippen molar-refractivity contribution in [2.24, 2.45) is 0 Å². The van der Waals surface area contributed by atoms with Crippen molar-refractivity contribution >= 4 is 11.6 Å². The van der Waals surface area contributed by atoms with Gasteiger partial charge in [-0.3, -0.25) is 4.90 Å². The van der Waals surface area contributed by atoms with Gasteiger partial charge in [0.15, 0.2) is 11.5 Å². The van der Waals surface area contributed by atoms with Crippen molar-refractivity contribution in [2.75, 3.05) is 53.6 Å². The fourth-order valence-electron chi connectivity index (χ4n) is 2.81. The summed E-state index contributed by atoms with van der Waals surface area (Å²) < 4.78 is 10.9. The molecule has 1 fully saturated rings. The van der Waals surface area contributed by atoms with Gasteiger partial charge in [-0.15, -0.1) is 0 Å². The van der Waals surface area contributed by atoms with Crippen molar-refractivity contribution in [1.29, 1.82) is 0 Å². The van der Waals surface area contributed by atoms with Crippen LogP contribution >= 0.6 is 11.6 Å². The van der Waals surface area contributed by atoms with E-state index >= 15 is 0 Å². The van der Waals surface area contributed by atoms with E-state index in [2.05, 4.69) is 16.8 Å². The molecule has 1 saturated heterocycles. The molecular weight excluding hydrogens is 304 g/mol. The lowest BCUT2D eigenvalue weighted by molar-refractivity contribution is 0.0746. The number of methoxy groups -OCH3 is 1. The minimum absolute atomic E-state index is 0.0535. The van der Waals surface area contributed by atoms with E-state index in [-0.39, 0.29) is 12.6 Å². The van der Waals surface area contributed by atoms with Gasteiger partial charge >= 0.3 is 0 Å². The molecule has 124 valence electrons. The molecule has 0 amide bonds. The number of piperazine rings is 1. The highest BCUT2D eigenvalue weighted by Crippen LogP contribution is 2.39. The van der Waals surface area contributed by atoms with E-state index in [9.17, 15) is 5.11 Å². The van der Waals surface area contributed by atoms with Gasteiger partial charge in [0.2, 0.25) is 0 Å². The van der Waals surface area contributed by atoms with E-state index < -0.39 is 0 Å². The molecule has 1 aliphatic heterocycles. The molecule has 6 heteroatoms. The quantitative estimate of drug-likeness (QED) is 0.865. The molecule has 2 rings (SSSR count). The molecule has 22 heavy (non-hydrogen) atoms. The lowest BCUT2D eigenvalue weighted by atomic mass is 10.0. The second-order valence-corrected chi connectivity index (χ2v) is 5.91. The Morgan fingerprint density at radius 1 is 1.27 bits per heavy atom. The van der Waals surface area contributed by atoms with Crippen LogP contribution in [0.1, 0.15) is 18.5 Å². The normalized spacial score (nSPS) is 18.2. The van der Waals surface area contributed by atoms with Crippen LogP contribution in [0.3, 0.4) is 0 Å². The predicted octanol–water partition coefficient (Wildman–Crippen LogP) is 2.03. The highest BCUT2D eigenvalue weighted by molar-refractivity contribution is 6.32. The third-order valence-electron chi connectivity index (χ3n) is 4.07. The Kier molecular flexibility index (Phi) is 6.32. The molecule has 0 bridgehead atoms. The lowest BCUT2D eigenvalue weighted by Crippen LogP contribution is -2.46. The second kappa shape index (κ2) is 8.02. The van der Waals surface area contributed by atoms with Gasteiger partial charge in [-0.2, -0.15) is 0 Å². The number of ether oxygens (including phenoxy) is 2. The van der Waals surface area contributed by atoms with Gasteiger partial charge in [0.1, 0.15) is 0 Å². The molecule has 1 aliphatic rings. The monoisotopic (exact) mass is 328 g/mol. The largest absolute Gasteiger partial charge is 0.491 e. The summed E-state index contributed by atoms with van der Waals surface area (Å²) in [5.41, 5.74) is 0.960. The fourth-order valence-corrected chi connectivity index (χ4v) is 3.10. The van der Waals surface area contributed by atoms with Crippen molar-refractivity contribution in [3.05, 3.63) is 22.7 Å². The lowest BCUT2D eigenvalue weighted by Gasteiger charge is -2.37. The van der Waals surface area contributed by atoms with Crippen molar-refractivity contribution in [3.63, 3.8) is 0 Å². The highest BCUT2D eigenvalue weighted by atomic mass is 35.5. The van der Waals surface area contributed by atoms with E-state index in [1.54, 1.807) is 7.11 Å². The molecule has 1 aromatic carbocycles. The molecule has 0 spiro atoms. The standard InChI is InChI=1S/C16H25ClN2O3/c1-4-22-15-10-12(9-13(17)16(15)21-3)14(11-20)19-7-5-18(2)6-8-19/h9-10,14,20H,4-8,11H2,1-3H3. The van der Waals surface area contributed by atoms with Crippen molar-refractivity contribution < 1.29 is 14.6 Å². The topological polar surface area (TPSA) is 45.2 Å². The summed E-state index contributed by atoms with van der Waals surface area (Å²) in [6, 6.07) is 3.71. The first-order valence-electron chi connectivity index (χ1n) is 7.64. The third kappa shape index (κ3) is 3.84. The summed E-state index contributed by atoms with van der Waals surface area (Å²) in [6.45, 7) is 6.36. The van der Waals surface area contributed by atoms with E-state index in [1.807, 2.05) is 19.1 Å². The van der Waals surface area contributed by atoms with Crippen LogP contribution < -0.4 is 9.47 Å². The molecule has 1 atom stereocenters. The minimum atomic E-state index is -0.0729. The summed E-state index contributed by atoms with van der Waals surface area (Å²) >= 11 is 6.32. The maximum Gasteiger partial charge on any atom is 0.179 e. The van der Waals surface area contributed by atoms with Crippen LogP contribution in [0.25, 0.3) is 0 Å². The van der Waals surface area contributed by atoms with Crippen LogP contribution in [0.5, 0.6) is 11.5 Å². The average Bonchev–Trinajstić information content (AvgIpc) is 2.50. The molecule has 0 radical (unpaired) electrons. The number of likely N-dealkylation sites (N-methyl/N-ethyl adjacent to an activating group) is 1. The molecule has 0 aromatic heterocycles. The smallest absolute Gasteiger partial charge is 0.179 e. The molecule has 1 unspecified atom stereocenters. The highest BCUT2D eigenvalue weighted by Gasteiger charge is 2.25. The molecule has 0 aliphatic carbocycles. The molecule has 0 saturated carbocycles. The minimum Gasteiger partial charge on any atom is -0.491 e.